The first-order valence-electron chi connectivity index (χ1n) is 11.2. The van der Waals surface area contributed by atoms with Crippen LogP contribution in [-0.4, -0.2) is 38.2 Å². The molecule has 4 aromatic rings. The molecule has 0 bridgehead atoms. The molecule has 3 N–H and O–H groups in total. The summed E-state index contributed by atoms with van der Waals surface area (Å²) in [4.78, 5) is 24.4. The Morgan fingerprint density at radius 2 is 1.73 bits per heavy atom. The van der Waals surface area contributed by atoms with Gasteiger partial charge in [-0.25, -0.2) is 22.0 Å². The van der Waals surface area contributed by atoms with E-state index < -0.39 is 33.5 Å². The highest BCUT2D eigenvalue weighted by atomic mass is 32.2. The Morgan fingerprint density at radius 3 is 2.35 bits per heavy atom. The lowest BCUT2D eigenvalue weighted by molar-refractivity contribution is 0.0696. The van der Waals surface area contributed by atoms with Crippen LogP contribution in [0.25, 0.3) is 33.4 Å². The molecule has 0 unspecified atom stereocenters. The molecule has 0 spiro atoms. The minimum atomic E-state index is -3.90. The van der Waals surface area contributed by atoms with Crippen LogP contribution in [0.5, 0.6) is 0 Å². The van der Waals surface area contributed by atoms with Gasteiger partial charge in [-0.05, 0) is 48.4 Å². The zero-order valence-electron chi connectivity index (χ0n) is 19.8. The Bertz CT molecular complexity index is 1630. The Labute approximate surface area is 211 Å². The lowest BCUT2D eigenvalue weighted by Crippen LogP contribution is -2.19. The van der Waals surface area contributed by atoms with E-state index in [4.69, 9.17) is 4.42 Å². The van der Waals surface area contributed by atoms with E-state index in [0.29, 0.717) is 6.42 Å². The molecule has 0 aliphatic rings. The van der Waals surface area contributed by atoms with Crippen LogP contribution in [0.1, 0.15) is 34.1 Å². The number of anilines is 1. The summed E-state index contributed by atoms with van der Waals surface area (Å²) >= 11 is 0. The monoisotopic (exact) mass is 528 g/mol. The molecule has 1 aromatic heterocycles. The Kier molecular flexibility index (Phi) is 6.99. The molecule has 0 fully saturated rings. The summed E-state index contributed by atoms with van der Waals surface area (Å²) in [6, 6.07) is 11.6. The highest BCUT2D eigenvalue weighted by Crippen LogP contribution is 2.42. The van der Waals surface area contributed by atoms with E-state index in [1.807, 2.05) is 0 Å². The normalized spacial score (nSPS) is 11.5. The van der Waals surface area contributed by atoms with Crippen molar-refractivity contribution in [1.29, 1.82) is 0 Å². The van der Waals surface area contributed by atoms with Gasteiger partial charge in [-0.15, -0.1) is 0 Å². The van der Waals surface area contributed by atoms with Crippen molar-refractivity contribution in [2.24, 2.45) is 0 Å². The van der Waals surface area contributed by atoms with E-state index in [2.05, 4.69) is 10.0 Å². The van der Waals surface area contributed by atoms with Crippen LogP contribution in [0, 0.1) is 11.6 Å². The molecule has 37 heavy (non-hydrogen) atoms. The number of carboxylic acid groups (broad SMARTS) is 1. The van der Waals surface area contributed by atoms with Crippen LogP contribution in [0.2, 0.25) is 0 Å². The topological polar surface area (TPSA) is 126 Å². The maximum absolute atomic E-state index is 16.4. The fourth-order valence-electron chi connectivity index (χ4n) is 4.02. The predicted octanol–water partition coefficient (Wildman–Crippen LogP) is 5.25. The molecule has 8 nitrogen and oxygen atoms in total. The van der Waals surface area contributed by atoms with E-state index in [1.54, 1.807) is 6.92 Å². The van der Waals surface area contributed by atoms with Crippen molar-refractivity contribution in [3.8, 4) is 22.5 Å². The maximum atomic E-state index is 16.4. The van der Waals surface area contributed by atoms with Gasteiger partial charge in [0.1, 0.15) is 23.0 Å². The summed E-state index contributed by atoms with van der Waals surface area (Å²) < 4.78 is 63.4. The fourth-order valence-corrected chi connectivity index (χ4v) is 5.15. The summed E-state index contributed by atoms with van der Waals surface area (Å²) in [5.41, 5.74) is -0.553. The second-order valence-electron chi connectivity index (χ2n) is 8.19. The quantitative estimate of drug-likeness (QED) is 0.287. The smallest absolute Gasteiger partial charge is 0.335 e. The first-order valence-corrected chi connectivity index (χ1v) is 12.8. The minimum Gasteiger partial charge on any atom is -0.478 e. The Morgan fingerprint density at radius 1 is 1.03 bits per heavy atom. The van der Waals surface area contributed by atoms with Crippen molar-refractivity contribution in [2.45, 2.75) is 13.3 Å². The summed E-state index contributed by atoms with van der Waals surface area (Å²) in [5.74, 6) is -3.77. The second-order valence-corrected chi connectivity index (χ2v) is 10.0. The van der Waals surface area contributed by atoms with E-state index in [9.17, 15) is 27.5 Å². The van der Waals surface area contributed by atoms with Crippen LogP contribution in [0.15, 0.2) is 59.0 Å². The van der Waals surface area contributed by atoms with Crippen molar-refractivity contribution in [3.05, 3.63) is 77.4 Å². The third kappa shape index (κ3) is 5.03. The molecule has 0 saturated heterocycles. The number of furan rings is 1. The number of carboxylic acids is 1. The van der Waals surface area contributed by atoms with Crippen LogP contribution in [0.4, 0.5) is 14.5 Å². The molecule has 3 aromatic carbocycles. The number of halogens is 2. The van der Waals surface area contributed by atoms with Gasteiger partial charge in [0.2, 0.25) is 10.0 Å². The zero-order valence-corrected chi connectivity index (χ0v) is 20.6. The molecular weight excluding hydrogens is 506 g/mol. The minimum absolute atomic E-state index is 0.0490. The summed E-state index contributed by atoms with van der Waals surface area (Å²) in [7, 11) is -2.56. The molecule has 0 radical (unpaired) electrons. The summed E-state index contributed by atoms with van der Waals surface area (Å²) in [6.07, 6.45) is 0.292. The number of nitrogens with one attached hydrogen (secondary N) is 2. The summed E-state index contributed by atoms with van der Waals surface area (Å²) in [5, 5.41) is 11.6. The lowest BCUT2D eigenvalue weighted by atomic mass is 9.96. The highest BCUT2D eigenvalue weighted by molar-refractivity contribution is 7.92. The van der Waals surface area contributed by atoms with Crippen molar-refractivity contribution < 1.29 is 36.3 Å². The van der Waals surface area contributed by atoms with Gasteiger partial charge in [0, 0.05) is 24.2 Å². The molecule has 1 amide bonds. The van der Waals surface area contributed by atoms with Crippen molar-refractivity contribution in [3.63, 3.8) is 0 Å². The predicted molar refractivity (Wildman–Crippen MR) is 135 cm³/mol. The van der Waals surface area contributed by atoms with Gasteiger partial charge in [0.25, 0.3) is 5.91 Å². The third-order valence-corrected chi connectivity index (χ3v) is 7.09. The molecule has 192 valence electrons. The second kappa shape index (κ2) is 10.0. The Balaban J connectivity index is 2.10. The number of hydrogen-bond donors (Lipinski definition) is 3. The number of carbonyl (C=O) groups is 2. The summed E-state index contributed by atoms with van der Waals surface area (Å²) in [6.45, 7) is 1.66. The number of hydrogen-bond acceptors (Lipinski definition) is 5. The van der Waals surface area contributed by atoms with Gasteiger partial charge in [-0.3, -0.25) is 9.52 Å². The van der Waals surface area contributed by atoms with E-state index in [0.717, 1.165) is 12.1 Å². The van der Waals surface area contributed by atoms with Gasteiger partial charge < -0.3 is 14.8 Å². The average molecular weight is 529 g/mol. The van der Waals surface area contributed by atoms with Crippen molar-refractivity contribution >= 4 is 38.6 Å². The number of carbonyl (C=O) groups excluding carboxylic acids is 1. The molecule has 0 aliphatic carbocycles. The first-order chi connectivity index (χ1) is 17.6. The number of rotatable bonds is 8. The molecule has 11 heteroatoms. The third-order valence-electron chi connectivity index (χ3n) is 5.62. The van der Waals surface area contributed by atoms with Gasteiger partial charge >= 0.3 is 5.97 Å². The molecule has 0 saturated carbocycles. The van der Waals surface area contributed by atoms with Crippen LogP contribution < -0.4 is 10.0 Å². The Hall–Kier alpha value is -4.25. The van der Waals surface area contributed by atoms with Crippen LogP contribution >= 0.6 is 0 Å². The lowest BCUT2D eigenvalue weighted by Gasteiger charge is -2.15. The molecule has 4 rings (SSSR count). The van der Waals surface area contributed by atoms with Crippen LogP contribution in [0.3, 0.4) is 0 Å². The molecule has 0 atom stereocenters. The van der Waals surface area contributed by atoms with E-state index in [-0.39, 0.29) is 56.0 Å². The van der Waals surface area contributed by atoms with Gasteiger partial charge in [0.15, 0.2) is 0 Å². The van der Waals surface area contributed by atoms with Gasteiger partial charge in [-0.1, -0.05) is 19.1 Å². The largest absolute Gasteiger partial charge is 0.478 e. The number of aromatic carboxylic acids is 1. The van der Waals surface area contributed by atoms with E-state index >= 15 is 4.39 Å². The average Bonchev–Trinajstić information content (AvgIpc) is 3.23. The number of benzene rings is 3. The SMILES string of the molecule is CCCS(=O)(=O)Nc1cc2oc(-c3ccc(F)cc3)c(C(=O)NC)c2c(F)c1-c1cccc(C(=O)O)c1. The zero-order chi connectivity index (χ0) is 26.9. The number of amides is 1. The first kappa shape index (κ1) is 25.8. The van der Waals surface area contributed by atoms with Gasteiger partial charge in [-0.2, -0.15) is 0 Å². The van der Waals surface area contributed by atoms with Crippen molar-refractivity contribution in [1.82, 2.24) is 5.32 Å². The number of fused-ring (bicyclic) bond motifs is 1. The molecule has 0 aliphatic heterocycles. The molecular formula is C26H22F2N2O6S. The standard InChI is InChI=1S/C26H22F2N2O6S/c1-3-11-37(34,35)30-18-13-19-21(23(28)20(18)15-5-4-6-16(12-15)26(32)33)22(25(31)29-2)24(36-19)14-7-9-17(27)10-8-14/h4-10,12-13,30H,3,11H2,1-2H3,(H,29,31)(H,32,33). The van der Waals surface area contributed by atoms with Crippen LogP contribution in [-0.2, 0) is 10.0 Å². The maximum Gasteiger partial charge on any atom is 0.335 e. The van der Waals surface area contributed by atoms with Gasteiger partial charge in [0.05, 0.1) is 28.0 Å². The fraction of sp³-hybridized carbons (Fsp3) is 0.154. The molecule has 1 heterocycles. The number of sulfonamides is 1. The van der Waals surface area contributed by atoms with Crippen molar-refractivity contribution in [2.75, 3.05) is 17.5 Å². The van der Waals surface area contributed by atoms with E-state index in [1.165, 1.54) is 49.5 Å². The highest BCUT2D eigenvalue weighted by Gasteiger charge is 2.29.